The predicted molar refractivity (Wildman–Crippen MR) is 82.5 cm³/mol. The Bertz CT molecular complexity index is 502. The minimum atomic E-state index is -2.76. The summed E-state index contributed by atoms with van der Waals surface area (Å²) in [7, 11) is -0.644. The van der Waals surface area contributed by atoms with Crippen LogP contribution in [0.2, 0.25) is 0 Å². The molecule has 1 aliphatic rings. The van der Waals surface area contributed by atoms with Gasteiger partial charge in [-0.25, -0.2) is 8.42 Å². The molecule has 1 unspecified atom stereocenters. The molecule has 5 heteroatoms. The van der Waals surface area contributed by atoms with E-state index in [1.165, 1.54) is 5.56 Å². The summed E-state index contributed by atoms with van der Waals surface area (Å²) in [4.78, 5) is 2.29. The topological polar surface area (TPSA) is 49.4 Å². The Kier molecular flexibility index (Phi) is 5.57. The number of hydrogen-bond donors (Lipinski definition) is 1. The van der Waals surface area contributed by atoms with Crippen molar-refractivity contribution in [2.45, 2.75) is 25.4 Å². The fraction of sp³-hybridized carbons (Fsp3) is 0.600. The number of benzene rings is 1. The standard InChI is InChI=1S/C15H24N2O2S/c1-17(12-14-6-3-2-4-7-14)10-5-9-16-15-8-11-20(18,19)13-15/h2-4,6-7,15-16H,5,8-13H2,1H3. The molecule has 0 bridgehead atoms. The van der Waals surface area contributed by atoms with Crippen LogP contribution in [0.3, 0.4) is 0 Å². The van der Waals surface area contributed by atoms with E-state index in [1.807, 2.05) is 6.07 Å². The maximum atomic E-state index is 11.3. The molecule has 4 nitrogen and oxygen atoms in total. The van der Waals surface area contributed by atoms with Crippen molar-refractivity contribution in [3.05, 3.63) is 35.9 Å². The molecule has 20 heavy (non-hydrogen) atoms. The van der Waals surface area contributed by atoms with Crippen molar-refractivity contribution in [1.29, 1.82) is 0 Å². The van der Waals surface area contributed by atoms with Gasteiger partial charge in [0.15, 0.2) is 9.84 Å². The van der Waals surface area contributed by atoms with Gasteiger partial charge in [0.05, 0.1) is 11.5 Å². The van der Waals surface area contributed by atoms with Crippen molar-refractivity contribution in [2.24, 2.45) is 0 Å². The SMILES string of the molecule is CN(CCCNC1CCS(=O)(=O)C1)Cc1ccccc1. The van der Waals surface area contributed by atoms with Gasteiger partial charge in [0.2, 0.25) is 0 Å². The minimum Gasteiger partial charge on any atom is -0.313 e. The highest BCUT2D eigenvalue weighted by molar-refractivity contribution is 7.91. The smallest absolute Gasteiger partial charge is 0.151 e. The van der Waals surface area contributed by atoms with Crippen molar-refractivity contribution in [2.75, 3.05) is 31.6 Å². The largest absolute Gasteiger partial charge is 0.313 e. The third-order valence-electron chi connectivity index (χ3n) is 3.68. The van der Waals surface area contributed by atoms with Crippen molar-refractivity contribution in [3.8, 4) is 0 Å². The van der Waals surface area contributed by atoms with Crippen LogP contribution < -0.4 is 5.32 Å². The molecule has 1 N–H and O–H groups in total. The molecule has 0 aliphatic carbocycles. The minimum absolute atomic E-state index is 0.166. The molecular formula is C15H24N2O2S. The van der Waals surface area contributed by atoms with Crippen LogP contribution in [0.4, 0.5) is 0 Å². The van der Waals surface area contributed by atoms with E-state index in [2.05, 4.69) is 41.5 Å². The molecule has 112 valence electrons. The second kappa shape index (κ2) is 7.20. The number of sulfone groups is 1. The summed E-state index contributed by atoms with van der Waals surface area (Å²) < 4.78 is 22.7. The normalized spacial score (nSPS) is 21.4. The van der Waals surface area contributed by atoms with Gasteiger partial charge in [-0.1, -0.05) is 30.3 Å². The van der Waals surface area contributed by atoms with Crippen molar-refractivity contribution < 1.29 is 8.42 Å². The van der Waals surface area contributed by atoms with Gasteiger partial charge >= 0.3 is 0 Å². The maximum Gasteiger partial charge on any atom is 0.151 e. The van der Waals surface area contributed by atoms with Gasteiger partial charge < -0.3 is 10.2 Å². The third kappa shape index (κ3) is 5.23. The van der Waals surface area contributed by atoms with Gasteiger partial charge in [0.1, 0.15) is 0 Å². The first-order valence-electron chi connectivity index (χ1n) is 7.21. The Balaban J connectivity index is 1.59. The molecule has 1 aliphatic heterocycles. The summed E-state index contributed by atoms with van der Waals surface area (Å²) in [6.45, 7) is 2.86. The molecule has 1 aromatic rings. The number of nitrogens with one attached hydrogen (secondary N) is 1. The lowest BCUT2D eigenvalue weighted by atomic mass is 10.2. The highest BCUT2D eigenvalue weighted by atomic mass is 32.2. The monoisotopic (exact) mass is 296 g/mol. The Morgan fingerprint density at radius 1 is 1.30 bits per heavy atom. The Hall–Kier alpha value is -0.910. The van der Waals surface area contributed by atoms with E-state index in [0.717, 1.165) is 32.5 Å². The quantitative estimate of drug-likeness (QED) is 0.770. The summed E-state index contributed by atoms with van der Waals surface area (Å²) >= 11 is 0. The van der Waals surface area contributed by atoms with E-state index in [-0.39, 0.29) is 6.04 Å². The van der Waals surface area contributed by atoms with Gasteiger partial charge in [-0.05, 0) is 38.5 Å². The zero-order valence-electron chi connectivity index (χ0n) is 12.1. The lowest BCUT2D eigenvalue weighted by molar-refractivity contribution is 0.317. The van der Waals surface area contributed by atoms with E-state index in [0.29, 0.717) is 11.5 Å². The van der Waals surface area contributed by atoms with Crippen LogP contribution in [0, 0.1) is 0 Å². The molecule has 1 heterocycles. The summed E-state index contributed by atoms with van der Waals surface area (Å²) in [6, 6.07) is 10.6. The van der Waals surface area contributed by atoms with Gasteiger partial charge in [-0.15, -0.1) is 0 Å². The Labute approximate surface area is 122 Å². The summed E-state index contributed by atoms with van der Waals surface area (Å²) in [5.74, 6) is 0.658. The molecule has 1 fully saturated rings. The van der Waals surface area contributed by atoms with Crippen LogP contribution in [-0.2, 0) is 16.4 Å². The third-order valence-corrected chi connectivity index (χ3v) is 5.45. The van der Waals surface area contributed by atoms with Crippen LogP contribution in [0.25, 0.3) is 0 Å². The average molecular weight is 296 g/mol. The first kappa shape index (κ1) is 15.5. The van der Waals surface area contributed by atoms with E-state index in [1.54, 1.807) is 0 Å². The van der Waals surface area contributed by atoms with Gasteiger partial charge in [-0.2, -0.15) is 0 Å². The van der Waals surface area contributed by atoms with Crippen LogP contribution in [-0.4, -0.2) is 51.0 Å². The fourth-order valence-corrected chi connectivity index (χ4v) is 4.29. The molecule has 1 atom stereocenters. The molecule has 0 saturated carbocycles. The Morgan fingerprint density at radius 2 is 2.05 bits per heavy atom. The first-order valence-corrected chi connectivity index (χ1v) is 9.03. The van der Waals surface area contributed by atoms with E-state index < -0.39 is 9.84 Å². The molecule has 0 spiro atoms. The van der Waals surface area contributed by atoms with Crippen LogP contribution in [0.1, 0.15) is 18.4 Å². The summed E-state index contributed by atoms with van der Waals surface area (Å²) in [5.41, 5.74) is 1.32. The van der Waals surface area contributed by atoms with E-state index in [4.69, 9.17) is 0 Å². The number of hydrogen-bond acceptors (Lipinski definition) is 4. The van der Waals surface area contributed by atoms with Crippen molar-refractivity contribution in [1.82, 2.24) is 10.2 Å². The van der Waals surface area contributed by atoms with E-state index >= 15 is 0 Å². The highest BCUT2D eigenvalue weighted by Gasteiger charge is 2.26. The molecule has 0 radical (unpaired) electrons. The average Bonchev–Trinajstić information content (AvgIpc) is 2.75. The lowest BCUT2D eigenvalue weighted by Gasteiger charge is -2.17. The zero-order valence-corrected chi connectivity index (χ0v) is 12.9. The van der Waals surface area contributed by atoms with Crippen molar-refractivity contribution in [3.63, 3.8) is 0 Å². The molecule has 1 aromatic carbocycles. The van der Waals surface area contributed by atoms with Gasteiger partial charge in [0.25, 0.3) is 0 Å². The van der Waals surface area contributed by atoms with Crippen LogP contribution >= 0.6 is 0 Å². The number of rotatable bonds is 7. The zero-order chi connectivity index (χ0) is 14.4. The number of nitrogens with zero attached hydrogens (tertiary/aromatic N) is 1. The fourth-order valence-electron chi connectivity index (χ4n) is 2.59. The second-order valence-corrected chi connectivity index (χ2v) is 7.86. The highest BCUT2D eigenvalue weighted by Crippen LogP contribution is 2.11. The van der Waals surface area contributed by atoms with Crippen LogP contribution in [0.15, 0.2) is 30.3 Å². The van der Waals surface area contributed by atoms with Gasteiger partial charge in [-0.3, -0.25) is 0 Å². The molecular weight excluding hydrogens is 272 g/mol. The van der Waals surface area contributed by atoms with Gasteiger partial charge in [0, 0.05) is 12.6 Å². The molecule has 0 amide bonds. The summed E-state index contributed by atoms with van der Waals surface area (Å²) in [6.07, 6.45) is 1.81. The lowest BCUT2D eigenvalue weighted by Crippen LogP contribution is -2.32. The molecule has 0 aromatic heterocycles. The maximum absolute atomic E-state index is 11.3. The van der Waals surface area contributed by atoms with Crippen LogP contribution in [0.5, 0.6) is 0 Å². The summed E-state index contributed by atoms with van der Waals surface area (Å²) in [5, 5.41) is 3.35. The second-order valence-electron chi connectivity index (χ2n) is 5.63. The van der Waals surface area contributed by atoms with E-state index in [9.17, 15) is 8.42 Å². The first-order chi connectivity index (χ1) is 9.55. The Morgan fingerprint density at radius 3 is 2.70 bits per heavy atom. The predicted octanol–water partition coefficient (Wildman–Crippen LogP) is 1.29. The molecule has 2 rings (SSSR count). The van der Waals surface area contributed by atoms with Crippen molar-refractivity contribution >= 4 is 9.84 Å². The molecule has 1 saturated heterocycles.